The number of ketones is 1. The summed E-state index contributed by atoms with van der Waals surface area (Å²) in [5.74, 6) is -1.51. The number of Topliss-reactive ketones (excluding diaryl/α,β-unsaturated/α-hetero) is 1. The Bertz CT molecular complexity index is 2390. The molecule has 6 rings (SSSR count). The van der Waals surface area contributed by atoms with Gasteiger partial charge in [0.05, 0.1) is 12.8 Å². The van der Waals surface area contributed by atoms with Crippen molar-refractivity contribution in [2.75, 3.05) is 13.7 Å². The fourth-order valence-corrected chi connectivity index (χ4v) is 9.49. The van der Waals surface area contributed by atoms with E-state index in [1.54, 1.807) is 0 Å². The minimum atomic E-state index is -1.18. The predicted molar refractivity (Wildman–Crippen MR) is 240 cm³/mol. The first-order chi connectivity index (χ1) is 28.6. The number of carbonyl (C=O) groups is 3. The van der Waals surface area contributed by atoms with E-state index in [2.05, 4.69) is 93.5 Å². The first kappa shape index (κ1) is 44.3. The maximum Gasteiger partial charge on any atom is 0.321 e. The van der Waals surface area contributed by atoms with Gasteiger partial charge in [-0.15, -0.1) is 0 Å². The first-order valence-corrected chi connectivity index (χ1v) is 22.0. The second kappa shape index (κ2) is 18.6. The van der Waals surface area contributed by atoms with Crippen LogP contribution in [0.25, 0.3) is 29.9 Å². The maximum absolute atomic E-state index is 14.4. The zero-order valence-corrected chi connectivity index (χ0v) is 37.5. The van der Waals surface area contributed by atoms with Crippen LogP contribution in [0, 0.1) is 50.4 Å². The number of H-pyrrole nitrogens is 3. The summed E-state index contributed by atoms with van der Waals surface area (Å²) in [6.07, 6.45) is 15.9. The number of allylic oxidation sites excluding steroid dienone is 3. The summed E-state index contributed by atoms with van der Waals surface area (Å²) in [5, 5.41) is 16.4. The molecule has 2 aliphatic heterocycles. The number of hydrogen-bond donors (Lipinski definition) is 5. The van der Waals surface area contributed by atoms with Crippen molar-refractivity contribution in [1.82, 2.24) is 20.3 Å². The molecule has 0 saturated carbocycles. The van der Waals surface area contributed by atoms with E-state index in [0.29, 0.717) is 34.9 Å². The molecular formula is C50H66N4O6. The van der Waals surface area contributed by atoms with E-state index in [0.717, 1.165) is 92.9 Å². The Balaban J connectivity index is 1.34. The minimum absolute atomic E-state index is 0.0722. The number of ether oxygens (including phenoxy) is 2. The van der Waals surface area contributed by atoms with Crippen molar-refractivity contribution in [3.63, 3.8) is 0 Å². The monoisotopic (exact) mass is 818 g/mol. The number of esters is 2. The topological polar surface area (TPSA) is 149 Å². The Morgan fingerprint density at radius 1 is 0.917 bits per heavy atom. The maximum atomic E-state index is 14.4. The molecule has 0 radical (unpaired) electrons. The van der Waals surface area contributed by atoms with Gasteiger partial charge >= 0.3 is 11.9 Å². The van der Waals surface area contributed by atoms with Crippen LogP contribution in [0.5, 0.6) is 0 Å². The van der Waals surface area contributed by atoms with Crippen LogP contribution in [0.2, 0.25) is 0 Å². The van der Waals surface area contributed by atoms with Gasteiger partial charge in [0.2, 0.25) is 0 Å². The van der Waals surface area contributed by atoms with Crippen LogP contribution in [-0.4, -0.2) is 51.5 Å². The van der Waals surface area contributed by atoms with E-state index in [4.69, 9.17) is 9.47 Å². The van der Waals surface area contributed by atoms with Gasteiger partial charge in [-0.3, -0.25) is 14.4 Å². The van der Waals surface area contributed by atoms with Crippen molar-refractivity contribution in [1.29, 1.82) is 0 Å². The van der Waals surface area contributed by atoms with Crippen LogP contribution in [0.3, 0.4) is 0 Å². The van der Waals surface area contributed by atoms with Gasteiger partial charge in [0.15, 0.2) is 5.78 Å². The van der Waals surface area contributed by atoms with Gasteiger partial charge in [-0.2, -0.15) is 0 Å². The van der Waals surface area contributed by atoms with Gasteiger partial charge in [0, 0.05) is 74.1 Å². The minimum Gasteiger partial charge on any atom is -0.509 e. The number of methoxy groups -OCH3 is 1. The van der Waals surface area contributed by atoms with Gasteiger partial charge in [-0.05, 0) is 111 Å². The van der Waals surface area contributed by atoms with Gasteiger partial charge < -0.3 is 34.8 Å². The van der Waals surface area contributed by atoms with Crippen LogP contribution in [0.15, 0.2) is 29.3 Å². The molecule has 10 nitrogen and oxygen atoms in total. The molecule has 1 saturated heterocycles. The van der Waals surface area contributed by atoms with Crippen molar-refractivity contribution in [3.8, 4) is 0 Å². The number of fused-ring (bicyclic) bond motifs is 7. The predicted octanol–water partition coefficient (Wildman–Crippen LogP) is 9.15. The van der Waals surface area contributed by atoms with Crippen molar-refractivity contribution in [3.05, 3.63) is 96.2 Å². The Morgan fingerprint density at radius 2 is 1.62 bits per heavy atom. The number of aliphatic hydroxyl groups is 1. The number of nitrogens with one attached hydrogen (secondary N) is 4. The molecule has 322 valence electrons. The molecule has 5 N–H and O–H groups in total. The van der Waals surface area contributed by atoms with Crippen molar-refractivity contribution in [2.24, 2.45) is 29.6 Å². The molecule has 10 heteroatoms. The van der Waals surface area contributed by atoms with Gasteiger partial charge in [0.1, 0.15) is 18.3 Å². The van der Waals surface area contributed by atoms with Crippen molar-refractivity contribution in [2.45, 2.75) is 120 Å². The average Bonchev–Trinajstić information content (AvgIpc) is 3.95. The fraction of sp³-hybridized carbons (Fsp3) is 0.500. The van der Waals surface area contributed by atoms with Gasteiger partial charge in [0.25, 0.3) is 0 Å². The zero-order chi connectivity index (χ0) is 43.6. The van der Waals surface area contributed by atoms with Crippen molar-refractivity contribution >= 4 is 47.6 Å². The third-order valence-corrected chi connectivity index (χ3v) is 13.3. The molecule has 3 aromatic rings. The van der Waals surface area contributed by atoms with Gasteiger partial charge in [-0.1, -0.05) is 73.0 Å². The van der Waals surface area contributed by atoms with Crippen LogP contribution in [0.1, 0.15) is 154 Å². The zero-order valence-electron chi connectivity index (χ0n) is 37.5. The largest absolute Gasteiger partial charge is 0.509 e. The second-order valence-electron chi connectivity index (χ2n) is 17.8. The summed E-state index contributed by atoms with van der Waals surface area (Å²) in [4.78, 5) is 52.2. The van der Waals surface area contributed by atoms with E-state index >= 15 is 0 Å². The highest BCUT2D eigenvalue weighted by atomic mass is 16.5. The average molecular weight is 819 g/mol. The molecule has 3 aliphatic rings. The summed E-state index contributed by atoms with van der Waals surface area (Å²) in [7, 11) is 1.30. The second-order valence-corrected chi connectivity index (χ2v) is 17.8. The molecule has 0 aromatic carbocycles. The number of rotatable bonds is 16. The quantitative estimate of drug-likeness (QED) is 0.0550. The Hall–Kier alpha value is -5.25. The lowest BCUT2D eigenvalue weighted by Gasteiger charge is -2.19. The standard InChI is InChI=1S/C50H66N4O6/c1-12-33-29(7)36-22-38-31(9)35(20-21-43(56)60-25-42(55)28(6)19-15-18-27(5)17-14-16-26(3)4)47(53-38)45-46(50(58)59-11)49(57)44-32(10)39(54-48(44)45)24-41-34(13-2)30(8)37(52-41)23-40(33)51-36/h12,22-24,26-27,31,35,46,51-55H,1,13-21,25H2,2-11H3/b37-23-,38-22-,41-24-,42-28-,47-45-/t27-,31+,35+,46-/m1/s1. The molecule has 5 heterocycles. The Kier molecular flexibility index (Phi) is 13.7. The molecule has 3 aromatic heterocycles. The third kappa shape index (κ3) is 8.79. The van der Waals surface area contributed by atoms with Crippen LogP contribution in [0.4, 0.5) is 0 Å². The van der Waals surface area contributed by atoms with E-state index in [-0.39, 0.29) is 36.4 Å². The third-order valence-electron chi connectivity index (χ3n) is 13.3. The molecule has 4 atom stereocenters. The summed E-state index contributed by atoms with van der Waals surface area (Å²) in [6, 6.07) is 0. The highest BCUT2D eigenvalue weighted by molar-refractivity contribution is 6.24. The number of carbonyl (C=O) groups excluding carboxylic acids is 3. The molecule has 1 aliphatic carbocycles. The molecule has 60 heavy (non-hydrogen) atoms. The van der Waals surface area contributed by atoms with Crippen molar-refractivity contribution < 1.29 is 29.0 Å². The highest BCUT2D eigenvalue weighted by Crippen LogP contribution is 2.48. The van der Waals surface area contributed by atoms with Crippen LogP contribution >= 0.6 is 0 Å². The molecule has 0 unspecified atom stereocenters. The molecule has 0 amide bonds. The normalized spacial score (nSPS) is 22.3. The van der Waals surface area contributed by atoms with Crippen LogP contribution < -0.4 is 16.0 Å². The van der Waals surface area contributed by atoms with E-state index in [1.165, 1.54) is 31.9 Å². The first-order valence-electron chi connectivity index (χ1n) is 22.0. The summed E-state index contributed by atoms with van der Waals surface area (Å²) >= 11 is 0. The number of aromatic amines is 3. The van der Waals surface area contributed by atoms with E-state index < -0.39 is 17.9 Å². The lowest BCUT2D eigenvalue weighted by molar-refractivity contribution is -0.144. The molecule has 0 spiro atoms. The SMILES string of the molecule is C=Cc1c2[nH]c(c1C)/C=C1\N/C(=C3\c4[nH]c(c(C)c4C(=O)[C@@H]3C(=O)OC)/C=c3\[nH]/c(c(C)c3CC)=C\2)[C@@H](CCC(=O)OC/C(O)=C(\C)CCC[C@H](C)CCCC(C)C)[C@@H]1C. The number of aliphatic hydroxyl groups excluding tert-OH is 1. The lowest BCUT2D eigenvalue weighted by atomic mass is 9.85. The molecule has 1 fully saturated rings. The van der Waals surface area contributed by atoms with E-state index in [1.807, 2.05) is 19.9 Å². The Morgan fingerprint density at radius 3 is 2.30 bits per heavy atom. The highest BCUT2D eigenvalue weighted by Gasteiger charge is 2.48. The van der Waals surface area contributed by atoms with E-state index in [9.17, 15) is 19.5 Å². The summed E-state index contributed by atoms with van der Waals surface area (Å²) < 4.78 is 10.9. The smallest absolute Gasteiger partial charge is 0.321 e. The summed E-state index contributed by atoms with van der Waals surface area (Å²) in [5.41, 5.74) is 11.7. The lowest BCUT2D eigenvalue weighted by Crippen LogP contribution is -2.25. The van der Waals surface area contributed by atoms with Gasteiger partial charge in [-0.25, -0.2) is 0 Å². The molecular weight excluding hydrogens is 753 g/mol. The Labute approximate surface area is 355 Å². The van der Waals surface area contributed by atoms with Crippen LogP contribution in [-0.2, 0) is 25.5 Å². The summed E-state index contributed by atoms with van der Waals surface area (Å²) in [6.45, 7) is 23.0. The number of hydrogen-bond acceptors (Lipinski definition) is 7. The fourth-order valence-electron chi connectivity index (χ4n) is 9.49. The molecule has 8 bridgehead atoms. The number of aromatic nitrogens is 3.